The van der Waals surface area contributed by atoms with Crippen LogP contribution in [0, 0.1) is 6.92 Å². The summed E-state index contributed by atoms with van der Waals surface area (Å²) in [4.78, 5) is 4.01. The molecule has 5 nitrogen and oxygen atoms in total. The Morgan fingerprint density at radius 3 is 2.76 bits per heavy atom. The van der Waals surface area contributed by atoms with Gasteiger partial charge in [-0.25, -0.2) is 9.62 Å². The molecule has 0 amide bonds. The fourth-order valence-corrected chi connectivity index (χ4v) is 1.67. The van der Waals surface area contributed by atoms with Gasteiger partial charge in [0.25, 0.3) is 0 Å². The molecule has 0 saturated carbocycles. The second-order valence-corrected chi connectivity index (χ2v) is 4.10. The van der Waals surface area contributed by atoms with E-state index in [0.717, 1.165) is 0 Å². The third-order valence-corrected chi connectivity index (χ3v) is 2.52. The van der Waals surface area contributed by atoms with E-state index in [1.807, 2.05) is 0 Å². The first-order valence-corrected chi connectivity index (χ1v) is 5.35. The summed E-state index contributed by atoms with van der Waals surface area (Å²) in [6.45, 7) is 1.70. The van der Waals surface area contributed by atoms with Crippen LogP contribution in [0.2, 0.25) is 10.0 Å². The van der Waals surface area contributed by atoms with Crippen molar-refractivity contribution in [3.8, 4) is 5.75 Å². The lowest BCUT2D eigenvalue weighted by molar-refractivity contribution is 0.306. The first-order chi connectivity index (χ1) is 8.08. The first kappa shape index (κ1) is 11.9. The highest BCUT2D eigenvalue weighted by Crippen LogP contribution is 2.30. The number of aliphatic imine (C=N–C) groups is 1. The smallest absolute Gasteiger partial charge is 0.219 e. The number of aryl methyl sites for hydroxylation is 1. The SMILES string of the molecule is Cc1nonc1N=Cc1cc(Cl)cc(Cl)c1O. The Labute approximate surface area is 107 Å². The molecule has 88 valence electrons. The Kier molecular flexibility index (Phi) is 3.31. The minimum absolute atomic E-state index is 0.0890. The van der Waals surface area contributed by atoms with Gasteiger partial charge < -0.3 is 5.11 Å². The van der Waals surface area contributed by atoms with Gasteiger partial charge in [0, 0.05) is 16.8 Å². The quantitative estimate of drug-likeness (QED) is 0.852. The molecule has 2 rings (SSSR count). The average molecular weight is 272 g/mol. The molecule has 0 fully saturated rings. The second-order valence-electron chi connectivity index (χ2n) is 3.26. The van der Waals surface area contributed by atoms with Crippen molar-refractivity contribution in [1.29, 1.82) is 0 Å². The predicted octanol–water partition coefficient (Wildman–Crippen LogP) is 3.14. The maximum atomic E-state index is 9.68. The maximum Gasteiger partial charge on any atom is 0.219 e. The summed E-state index contributed by atoms with van der Waals surface area (Å²) in [6, 6.07) is 2.98. The number of hydrogen-bond acceptors (Lipinski definition) is 5. The summed E-state index contributed by atoms with van der Waals surface area (Å²) >= 11 is 11.6. The molecule has 0 radical (unpaired) electrons. The van der Waals surface area contributed by atoms with Gasteiger partial charge >= 0.3 is 0 Å². The molecule has 1 N–H and O–H groups in total. The highest BCUT2D eigenvalue weighted by atomic mass is 35.5. The van der Waals surface area contributed by atoms with Gasteiger partial charge in [-0.1, -0.05) is 28.4 Å². The van der Waals surface area contributed by atoms with Crippen LogP contribution < -0.4 is 0 Å². The van der Waals surface area contributed by atoms with Gasteiger partial charge in [0.05, 0.1) is 5.02 Å². The standard InChI is InChI=1S/C10H7Cl2N3O2/c1-5-10(15-17-14-5)13-4-6-2-7(11)3-8(12)9(6)16/h2-4,16H,1H3. The summed E-state index contributed by atoms with van der Waals surface area (Å²) in [5.41, 5.74) is 0.943. The van der Waals surface area contributed by atoms with Gasteiger partial charge in [0.15, 0.2) is 0 Å². The van der Waals surface area contributed by atoms with E-state index >= 15 is 0 Å². The number of halogens is 2. The van der Waals surface area contributed by atoms with Crippen molar-refractivity contribution in [1.82, 2.24) is 10.3 Å². The highest BCUT2D eigenvalue weighted by Gasteiger charge is 2.07. The number of aromatic hydroxyl groups is 1. The van der Waals surface area contributed by atoms with E-state index in [9.17, 15) is 5.11 Å². The van der Waals surface area contributed by atoms with Crippen molar-refractivity contribution in [2.45, 2.75) is 6.92 Å². The van der Waals surface area contributed by atoms with Crippen LogP contribution in [0.4, 0.5) is 5.82 Å². The van der Waals surface area contributed by atoms with E-state index in [4.69, 9.17) is 23.2 Å². The van der Waals surface area contributed by atoms with Crippen molar-refractivity contribution in [2.24, 2.45) is 4.99 Å². The summed E-state index contributed by atoms with van der Waals surface area (Å²) in [6.07, 6.45) is 1.39. The monoisotopic (exact) mass is 271 g/mol. The van der Waals surface area contributed by atoms with Crippen molar-refractivity contribution in [3.63, 3.8) is 0 Å². The van der Waals surface area contributed by atoms with Crippen molar-refractivity contribution in [3.05, 3.63) is 33.4 Å². The molecule has 0 saturated heterocycles. The molecule has 0 aliphatic carbocycles. The molecule has 2 aromatic rings. The normalized spacial score (nSPS) is 11.2. The van der Waals surface area contributed by atoms with Crippen LogP contribution in [0.3, 0.4) is 0 Å². The molecule has 0 atom stereocenters. The highest BCUT2D eigenvalue weighted by molar-refractivity contribution is 6.36. The van der Waals surface area contributed by atoms with E-state index in [1.165, 1.54) is 18.3 Å². The van der Waals surface area contributed by atoms with E-state index in [-0.39, 0.29) is 10.8 Å². The Hall–Kier alpha value is -1.59. The van der Waals surface area contributed by atoms with E-state index in [1.54, 1.807) is 6.92 Å². The molecular weight excluding hydrogens is 265 g/mol. The lowest BCUT2D eigenvalue weighted by atomic mass is 10.2. The molecular formula is C10H7Cl2N3O2. The number of phenolic OH excluding ortho intramolecular Hbond substituents is 1. The average Bonchev–Trinajstić information content (AvgIpc) is 2.67. The summed E-state index contributed by atoms with van der Waals surface area (Å²) in [5.74, 6) is 0.245. The molecule has 0 bridgehead atoms. The number of benzene rings is 1. The first-order valence-electron chi connectivity index (χ1n) is 4.59. The van der Waals surface area contributed by atoms with Gasteiger partial charge in [-0.15, -0.1) is 0 Å². The molecule has 7 heteroatoms. The summed E-state index contributed by atoms with van der Waals surface area (Å²) < 4.78 is 4.48. The minimum Gasteiger partial charge on any atom is -0.506 e. The molecule has 0 unspecified atom stereocenters. The fraction of sp³-hybridized carbons (Fsp3) is 0.100. The fourth-order valence-electron chi connectivity index (χ4n) is 1.16. The third kappa shape index (κ3) is 2.57. The van der Waals surface area contributed by atoms with Crippen molar-refractivity contribution in [2.75, 3.05) is 0 Å². The molecule has 1 aromatic heterocycles. The van der Waals surface area contributed by atoms with E-state index < -0.39 is 0 Å². The largest absolute Gasteiger partial charge is 0.506 e. The lowest BCUT2D eigenvalue weighted by Crippen LogP contribution is -1.84. The van der Waals surface area contributed by atoms with Crippen LogP contribution in [0.15, 0.2) is 21.8 Å². The Morgan fingerprint density at radius 2 is 2.12 bits per heavy atom. The summed E-state index contributed by atoms with van der Waals surface area (Å²) in [5, 5.41) is 17.4. The predicted molar refractivity (Wildman–Crippen MR) is 64.4 cm³/mol. The zero-order valence-corrected chi connectivity index (χ0v) is 10.2. The molecule has 1 aromatic carbocycles. The molecule has 17 heavy (non-hydrogen) atoms. The molecule has 0 spiro atoms. The van der Waals surface area contributed by atoms with Crippen LogP contribution in [0.1, 0.15) is 11.3 Å². The van der Waals surface area contributed by atoms with Gasteiger partial charge in [-0.3, -0.25) is 0 Å². The molecule has 1 heterocycles. The van der Waals surface area contributed by atoms with Gasteiger partial charge in [0.1, 0.15) is 11.4 Å². The number of nitrogens with zero attached hydrogens (tertiary/aromatic N) is 3. The molecule has 0 aliphatic rings. The number of aromatic nitrogens is 2. The van der Waals surface area contributed by atoms with Gasteiger partial charge in [0.2, 0.25) is 5.82 Å². The topological polar surface area (TPSA) is 71.5 Å². The number of rotatable bonds is 2. The number of hydrogen-bond donors (Lipinski definition) is 1. The van der Waals surface area contributed by atoms with E-state index in [0.29, 0.717) is 22.1 Å². The van der Waals surface area contributed by atoms with Crippen LogP contribution in [-0.4, -0.2) is 21.6 Å². The second kappa shape index (κ2) is 4.73. The van der Waals surface area contributed by atoms with Crippen LogP contribution >= 0.6 is 23.2 Å². The van der Waals surface area contributed by atoms with Crippen LogP contribution in [-0.2, 0) is 0 Å². The van der Waals surface area contributed by atoms with Gasteiger partial charge in [-0.2, -0.15) is 0 Å². The Bertz CT molecular complexity index is 581. The summed E-state index contributed by atoms with van der Waals surface area (Å²) in [7, 11) is 0. The maximum absolute atomic E-state index is 9.68. The third-order valence-electron chi connectivity index (χ3n) is 2.01. The van der Waals surface area contributed by atoms with E-state index in [2.05, 4.69) is 19.9 Å². The Balaban J connectivity index is 2.37. The zero-order valence-electron chi connectivity index (χ0n) is 8.69. The van der Waals surface area contributed by atoms with Crippen molar-refractivity contribution < 1.29 is 9.74 Å². The molecule has 0 aliphatic heterocycles. The van der Waals surface area contributed by atoms with Crippen LogP contribution in [0.25, 0.3) is 0 Å². The van der Waals surface area contributed by atoms with Gasteiger partial charge in [-0.05, 0) is 24.2 Å². The zero-order chi connectivity index (χ0) is 12.4. The number of phenols is 1. The lowest BCUT2D eigenvalue weighted by Gasteiger charge is -2.01. The van der Waals surface area contributed by atoms with Crippen LogP contribution in [0.5, 0.6) is 5.75 Å². The van der Waals surface area contributed by atoms with Crippen molar-refractivity contribution >= 4 is 35.2 Å². The Morgan fingerprint density at radius 1 is 1.35 bits per heavy atom. The minimum atomic E-state index is -0.0890.